The molecule has 5 nitrogen and oxygen atoms in total. The lowest BCUT2D eigenvalue weighted by molar-refractivity contribution is -0.128. The SMILES string of the molecule is Cl.O=C1CC(C(=O)N(CCCN2CCC3(C=Cc4ccccc43)CC2)c2ccccc2)CN1CCc1ccccc1. The Hall–Kier alpha value is -3.41. The molecule has 0 bridgehead atoms. The van der Waals surface area contributed by atoms with Gasteiger partial charge in [0.25, 0.3) is 0 Å². The number of para-hydroxylation sites is 1. The second-order valence-corrected chi connectivity index (χ2v) is 11.6. The summed E-state index contributed by atoms with van der Waals surface area (Å²) in [4.78, 5) is 33.0. The van der Waals surface area contributed by atoms with Gasteiger partial charge in [-0.25, -0.2) is 0 Å². The zero-order valence-electron chi connectivity index (χ0n) is 23.7. The number of hydrogen-bond acceptors (Lipinski definition) is 3. The first kappa shape index (κ1) is 29.1. The number of carbonyl (C=O) groups excluding carboxylic acids is 2. The van der Waals surface area contributed by atoms with Crippen LogP contribution in [0.25, 0.3) is 6.08 Å². The third-order valence-corrected chi connectivity index (χ3v) is 9.09. The molecule has 6 heteroatoms. The summed E-state index contributed by atoms with van der Waals surface area (Å²) < 4.78 is 0. The topological polar surface area (TPSA) is 43.9 Å². The zero-order chi connectivity index (χ0) is 27.4. The molecule has 1 unspecified atom stereocenters. The van der Waals surface area contributed by atoms with Crippen molar-refractivity contribution in [3.63, 3.8) is 0 Å². The summed E-state index contributed by atoms with van der Waals surface area (Å²) in [7, 11) is 0. The fourth-order valence-corrected chi connectivity index (χ4v) is 6.76. The smallest absolute Gasteiger partial charge is 0.232 e. The quantitative estimate of drug-likeness (QED) is 0.318. The Labute approximate surface area is 250 Å². The summed E-state index contributed by atoms with van der Waals surface area (Å²) in [6.07, 6.45) is 9.05. The van der Waals surface area contributed by atoms with Gasteiger partial charge in [0.2, 0.25) is 11.8 Å². The number of nitrogens with zero attached hydrogens (tertiary/aromatic N) is 3. The molecule has 2 amide bonds. The standard InChI is InChI=1S/C35H39N3O2.ClH/c39-33-26-30(27-37(33)23-17-28-10-3-1-4-11-28)34(40)38(31-13-5-2-6-14-31)22-9-21-36-24-19-35(20-25-36)18-16-29-12-7-8-15-32(29)35;/h1-8,10-16,18,30H,9,17,19-27H2;1H. The van der Waals surface area contributed by atoms with Crippen LogP contribution in [0.15, 0.2) is 91.0 Å². The van der Waals surface area contributed by atoms with Gasteiger partial charge in [0, 0.05) is 37.2 Å². The number of piperidine rings is 1. The van der Waals surface area contributed by atoms with Crippen molar-refractivity contribution in [2.75, 3.05) is 44.2 Å². The molecular weight excluding hydrogens is 530 g/mol. The van der Waals surface area contributed by atoms with Gasteiger partial charge < -0.3 is 14.7 Å². The summed E-state index contributed by atoms with van der Waals surface area (Å²) in [5.74, 6) is -0.119. The molecule has 2 saturated heterocycles. The second-order valence-electron chi connectivity index (χ2n) is 11.6. The average molecular weight is 570 g/mol. The summed E-state index contributed by atoms with van der Waals surface area (Å²) in [6.45, 7) is 4.97. The molecule has 0 radical (unpaired) electrons. The number of allylic oxidation sites excluding steroid dienone is 1. The highest BCUT2D eigenvalue weighted by Crippen LogP contribution is 2.43. The molecule has 2 aliphatic heterocycles. The van der Waals surface area contributed by atoms with Crippen LogP contribution in [-0.2, 0) is 21.4 Å². The van der Waals surface area contributed by atoms with Gasteiger partial charge in [-0.05, 0) is 74.1 Å². The van der Waals surface area contributed by atoms with Gasteiger partial charge in [-0.15, -0.1) is 12.4 Å². The van der Waals surface area contributed by atoms with E-state index in [1.54, 1.807) is 0 Å². The normalized spacial score (nSPS) is 19.3. The van der Waals surface area contributed by atoms with E-state index in [2.05, 4.69) is 53.5 Å². The minimum Gasteiger partial charge on any atom is -0.342 e. The molecule has 2 fully saturated rings. The van der Waals surface area contributed by atoms with Gasteiger partial charge >= 0.3 is 0 Å². The van der Waals surface area contributed by atoms with Crippen LogP contribution in [0.2, 0.25) is 0 Å². The summed E-state index contributed by atoms with van der Waals surface area (Å²) in [5.41, 5.74) is 5.19. The minimum absolute atomic E-state index is 0. The Kier molecular flexibility index (Phi) is 9.26. The van der Waals surface area contributed by atoms with E-state index in [9.17, 15) is 9.59 Å². The van der Waals surface area contributed by atoms with Crippen LogP contribution < -0.4 is 4.90 Å². The lowest BCUT2D eigenvalue weighted by atomic mass is 9.74. The molecule has 41 heavy (non-hydrogen) atoms. The van der Waals surface area contributed by atoms with Crippen molar-refractivity contribution < 1.29 is 9.59 Å². The first-order chi connectivity index (χ1) is 19.6. The molecule has 2 heterocycles. The van der Waals surface area contributed by atoms with Crippen LogP contribution in [0, 0.1) is 5.92 Å². The summed E-state index contributed by atoms with van der Waals surface area (Å²) in [5, 5.41) is 0. The van der Waals surface area contributed by atoms with Crippen molar-refractivity contribution in [3.8, 4) is 0 Å². The van der Waals surface area contributed by atoms with Crippen LogP contribution in [0.5, 0.6) is 0 Å². The maximum absolute atomic E-state index is 13.8. The molecule has 0 aromatic heterocycles. The lowest BCUT2D eigenvalue weighted by Crippen LogP contribution is -2.43. The van der Waals surface area contributed by atoms with E-state index in [1.165, 1.54) is 16.7 Å². The second kappa shape index (κ2) is 13.1. The molecule has 0 saturated carbocycles. The number of hydrogen-bond donors (Lipinski definition) is 0. The van der Waals surface area contributed by atoms with Crippen LogP contribution in [-0.4, -0.2) is 60.9 Å². The summed E-state index contributed by atoms with van der Waals surface area (Å²) >= 11 is 0. The van der Waals surface area contributed by atoms with Crippen LogP contribution >= 0.6 is 12.4 Å². The van der Waals surface area contributed by atoms with Gasteiger partial charge in [0.1, 0.15) is 0 Å². The van der Waals surface area contributed by atoms with Crippen LogP contribution in [0.3, 0.4) is 0 Å². The number of benzene rings is 3. The largest absolute Gasteiger partial charge is 0.342 e. The van der Waals surface area contributed by atoms with E-state index >= 15 is 0 Å². The van der Waals surface area contributed by atoms with Crippen molar-refractivity contribution >= 4 is 36.0 Å². The number of anilines is 1. The fourth-order valence-electron chi connectivity index (χ4n) is 6.76. The highest BCUT2D eigenvalue weighted by atomic mass is 35.5. The highest BCUT2D eigenvalue weighted by molar-refractivity contribution is 5.99. The Morgan fingerprint density at radius 3 is 2.32 bits per heavy atom. The number of halogens is 1. The first-order valence-electron chi connectivity index (χ1n) is 14.8. The average Bonchev–Trinajstić information content (AvgIpc) is 3.56. The predicted octanol–water partition coefficient (Wildman–Crippen LogP) is 5.98. The van der Waals surface area contributed by atoms with Gasteiger partial charge in [-0.2, -0.15) is 0 Å². The van der Waals surface area contributed by atoms with Gasteiger partial charge in [-0.1, -0.05) is 84.9 Å². The Bertz CT molecular complexity index is 1350. The van der Waals surface area contributed by atoms with E-state index < -0.39 is 0 Å². The van der Waals surface area contributed by atoms with Crippen LogP contribution in [0.1, 0.15) is 42.4 Å². The van der Waals surface area contributed by atoms with E-state index in [1.807, 2.05) is 58.3 Å². The van der Waals surface area contributed by atoms with Gasteiger partial charge in [0.05, 0.1) is 5.92 Å². The minimum atomic E-state index is -0.285. The first-order valence-corrected chi connectivity index (χ1v) is 14.8. The van der Waals surface area contributed by atoms with Gasteiger partial charge in [0.15, 0.2) is 0 Å². The fraction of sp³-hybridized carbons (Fsp3) is 0.371. The van der Waals surface area contributed by atoms with Crippen molar-refractivity contribution in [1.29, 1.82) is 0 Å². The molecule has 1 atom stereocenters. The third kappa shape index (κ3) is 6.42. The molecule has 214 valence electrons. The van der Waals surface area contributed by atoms with E-state index in [0.29, 0.717) is 26.1 Å². The van der Waals surface area contributed by atoms with Crippen molar-refractivity contribution in [1.82, 2.24) is 9.80 Å². The molecule has 1 aliphatic carbocycles. The maximum Gasteiger partial charge on any atom is 0.232 e. The van der Waals surface area contributed by atoms with E-state index in [0.717, 1.165) is 51.0 Å². The maximum atomic E-state index is 13.8. The van der Waals surface area contributed by atoms with Crippen molar-refractivity contribution in [2.24, 2.45) is 5.92 Å². The van der Waals surface area contributed by atoms with Crippen molar-refractivity contribution in [3.05, 3.63) is 108 Å². The Balaban J connectivity index is 0.00000337. The number of carbonyl (C=O) groups is 2. The third-order valence-electron chi connectivity index (χ3n) is 9.09. The van der Waals surface area contributed by atoms with Gasteiger partial charge in [-0.3, -0.25) is 9.59 Å². The number of amides is 2. The molecule has 3 aromatic carbocycles. The molecule has 3 aromatic rings. The lowest BCUT2D eigenvalue weighted by Gasteiger charge is -2.39. The molecule has 0 N–H and O–H groups in total. The highest BCUT2D eigenvalue weighted by Gasteiger charge is 2.38. The number of fused-ring (bicyclic) bond motifs is 2. The van der Waals surface area contributed by atoms with E-state index in [4.69, 9.17) is 0 Å². The molecule has 1 spiro atoms. The summed E-state index contributed by atoms with van der Waals surface area (Å²) in [6, 6.07) is 29.0. The van der Waals surface area contributed by atoms with E-state index in [-0.39, 0.29) is 35.6 Å². The predicted molar refractivity (Wildman–Crippen MR) is 168 cm³/mol. The molecule has 3 aliphatic rings. The monoisotopic (exact) mass is 569 g/mol. The Morgan fingerprint density at radius 2 is 1.56 bits per heavy atom. The van der Waals surface area contributed by atoms with Crippen molar-refractivity contribution in [2.45, 2.75) is 37.5 Å². The Morgan fingerprint density at radius 1 is 0.878 bits per heavy atom. The number of rotatable bonds is 9. The molecule has 6 rings (SSSR count). The number of likely N-dealkylation sites (tertiary alicyclic amines) is 2. The van der Waals surface area contributed by atoms with Crippen LogP contribution in [0.4, 0.5) is 5.69 Å². The zero-order valence-corrected chi connectivity index (χ0v) is 24.5. The molecular formula is C35H40ClN3O2.